The molecular weight excluding hydrogens is 162 g/mol. The van der Waals surface area contributed by atoms with E-state index < -0.39 is 0 Å². The van der Waals surface area contributed by atoms with E-state index >= 15 is 0 Å². The molecule has 13 heavy (non-hydrogen) atoms. The molecule has 0 spiro atoms. The van der Waals surface area contributed by atoms with Crippen LogP contribution < -0.4 is 0 Å². The summed E-state index contributed by atoms with van der Waals surface area (Å²) in [5.74, 6) is 0. The Morgan fingerprint density at radius 2 is 2.38 bits per heavy atom. The molecule has 0 saturated heterocycles. The molecule has 2 rings (SSSR count). The molecule has 0 aliphatic carbocycles. The Balaban J connectivity index is 2.44. The Morgan fingerprint density at radius 3 is 3.08 bits per heavy atom. The molecule has 0 bridgehead atoms. The first-order chi connectivity index (χ1) is 6.25. The Bertz CT molecular complexity index is 409. The predicted octanol–water partition coefficient (Wildman–Crippen LogP) is 2.01. The van der Waals surface area contributed by atoms with E-state index in [1.807, 2.05) is 29.9 Å². The van der Waals surface area contributed by atoms with Gasteiger partial charge in [0.05, 0.1) is 12.7 Å². The van der Waals surface area contributed by atoms with Gasteiger partial charge < -0.3 is 0 Å². The summed E-state index contributed by atoms with van der Waals surface area (Å²) < 4.78 is 1.86. The second kappa shape index (κ2) is 3.01. The smallest absolute Gasteiger partial charge is 0.111 e. The van der Waals surface area contributed by atoms with Crippen LogP contribution in [0.3, 0.4) is 0 Å². The van der Waals surface area contributed by atoms with Crippen LogP contribution in [0.25, 0.3) is 11.0 Å². The number of aromatic nitrogens is 3. The number of allylic oxidation sites excluding steroid dienone is 1. The van der Waals surface area contributed by atoms with Crippen molar-refractivity contribution in [2.24, 2.45) is 0 Å². The van der Waals surface area contributed by atoms with Crippen molar-refractivity contribution in [2.75, 3.05) is 0 Å². The third-order valence-corrected chi connectivity index (χ3v) is 1.76. The van der Waals surface area contributed by atoms with Gasteiger partial charge in [0, 0.05) is 6.20 Å². The van der Waals surface area contributed by atoms with Crippen LogP contribution in [0.2, 0.25) is 0 Å². The topological polar surface area (TPSA) is 30.7 Å². The van der Waals surface area contributed by atoms with Crippen molar-refractivity contribution in [3.8, 4) is 0 Å². The Morgan fingerprint density at radius 1 is 1.54 bits per heavy atom. The van der Waals surface area contributed by atoms with Crippen LogP contribution in [-0.2, 0) is 6.54 Å². The normalized spacial score (nSPS) is 10.5. The van der Waals surface area contributed by atoms with Crippen LogP contribution in [0.1, 0.15) is 6.92 Å². The minimum Gasteiger partial charge on any atom is -0.266 e. The maximum Gasteiger partial charge on any atom is 0.111 e. The number of pyridine rings is 1. The first-order valence-electron chi connectivity index (χ1n) is 4.18. The summed E-state index contributed by atoms with van der Waals surface area (Å²) in [5.41, 5.74) is 2.96. The Kier molecular flexibility index (Phi) is 1.85. The van der Waals surface area contributed by atoms with Crippen LogP contribution in [0, 0.1) is 0 Å². The highest BCUT2D eigenvalue weighted by Gasteiger charge is 1.99. The summed E-state index contributed by atoms with van der Waals surface area (Å²) in [4.78, 5) is 4.20. The van der Waals surface area contributed by atoms with Crippen molar-refractivity contribution >= 4 is 11.0 Å². The highest BCUT2D eigenvalue weighted by molar-refractivity contribution is 5.72. The van der Waals surface area contributed by atoms with Crippen LogP contribution >= 0.6 is 0 Å². The van der Waals surface area contributed by atoms with E-state index in [9.17, 15) is 0 Å². The molecule has 0 aromatic carbocycles. The highest BCUT2D eigenvalue weighted by Crippen LogP contribution is 2.08. The molecule has 0 N–H and O–H groups in total. The van der Waals surface area contributed by atoms with Gasteiger partial charge in [-0.25, -0.2) is 0 Å². The minimum atomic E-state index is 0.760. The fourth-order valence-corrected chi connectivity index (χ4v) is 1.26. The zero-order chi connectivity index (χ0) is 9.26. The summed E-state index contributed by atoms with van der Waals surface area (Å²) >= 11 is 0. The van der Waals surface area contributed by atoms with E-state index in [-0.39, 0.29) is 0 Å². The van der Waals surface area contributed by atoms with Crippen LogP contribution in [-0.4, -0.2) is 14.8 Å². The molecule has 0 aliphatic heterocycles. The second-order valence-corrected chi connectivity index (χ2v) is 3.19. The number of hydrogen-bond donors (Lipinski definition) is 0. The lowest BCUT2D eigenvalue weighted by atomic mass is 10.3. The Labute approximate surface area is 76.7 Å². The van der Waals surface area contributed by atoms with Crippen LogP contribution in [0.5, 0.6) is 0 Å². The van der Waals surface area contributed by atoms with Crippen LogP contribution in [0.15, 0.2) is 36.7 Å². The van der Waals surface area contributed by atoms with Gasteiger partial charge in [0.2, 0.25) is 0 Å². The average molecular weight is 173 g/mol. The maximum atomic E-state index is 4.35. The fraction of sp³-hybridized carbons (Fsp3) is 0.200. The SMILES string of the molecule is C=C(C)Cn1cc2ncccc2n1. The molecule has 2 aromatic rings. The molecule has 66 valence electrons. The molecule has 0 amide bonds. The molecule has 3 heteroatoms. The van der Waals surface area contributed by atoms with Gasteiger partial charge in [-0.05, 0) is 19.1 Å². The molecule has 0 saturated carbocycles. The number of hydrogen-bond acceptors (Lipinski definition) is 2. The fourth-order valence-electron chi connectivity index (χ4n) is 1.26. The standard InChI is InChI=1S/C10H11N3/c1-8(2)6-13-7-10-9(12-13)4-3-5-11-10/h3-5,7H,1,6H2,2H3. The van der Waals surface area contributed by atoms with Gasteiger partial charge in [-0.15, -0.1) is 0 Å². The third-order valence-electron chi connectivity index (χ3n) is 1.76. The summed E-state index contributed by atoms with van der Waals surface area (Å²) in [6.07, 6.45) is 3.71. The van der Waals surface area contributed by atoms with Crippen molar-refractivity contribution < 1.29 is 0 Å². The largest absolute Gasteiger partial charge is 0.266 e. The Hall–Kier alpha value is -1.64. The molecule has 0 radical (unpaired) electrons. The van der Waals surface area contributed by atoms with E-state index in [1.165, 1.54) is 0 Å². The zero-order valence-electron chi connectivity index (χ0n) is 7.57. The lowest BCUT2D eigenvalue weighted by Crippen LogP contribution is -1.97. The van der Waals surface area contributed by atoms with Crippen LogP contribution in [0.4, 0.5) is 0 Å². The summed E-state index contributed by atoms with van der Waals surface area (Å²) in [6.45, 7) is 6.59. The van der Waals surface area contributed by atoms with E-state index in [0.717, 1.165) is 23.2 Å². The van der Waals surface area contributed by atoms with Gasteiger partial charge in [0.15, 0.2) is 0 Å². The van der Waals surface area contributed by atoms with E-state index in [0.29, 0.717) is 0 Å². The van der Waals surface area contributed by atoms with Crippen molar-refractivity contribution in [3.05, 3.63) is 36.7 Å². The lowest BCUT2D eigenvalue weighted by molar-refractivity contribution is 0.687. The minimum absolute atomic E-state index is 0.760. The summed E-state index contributed by atoms with van der Waals surface area (Å²) in [7, 11) is 0. The maximum absolute atomic E-state index is 4.35. The third kappa shape index (κ3) is 1.59. The summed E-state index contributed by atoms with van der Waals surface area (Å²) in [6, 6.07) is 3.84. The first kappa shape index (κ1) is 7.98. The van der Waals surface area contributed by atoms with E-state index in [2.05, 4.69) is 16.7 Å². The van der Waals surface area contributed by atoms with Gasteiger partial charge in [-0.3, -0.25) is 9.67 Å². The molecule has 0 fully saturated rings. The van der Waals surface area contributed by atoms with Crippen molar-refractivity contribution in [1.82, 2.24) is 14.8 Å². The molecule has 3 nitrogen and oxygen atoms in total. The van der Waals surface area contributed by atoms with Gasteiger partial charge in [-0.2, -0.15) is 5.10 Å². The quantitative estimate of drug-likeness (QED) is 0.650. The molecular formula is C10H11N3. The number of rotatable bonds is 2. The first-order valence-corrected chi connectivity index (χ1v) is 4.18. The zero-order valence-corrected chi connectivity index (χ0v) is 7.57. The second-order valence-electron chi connectivity index (χ2n) is 3.19. The van der Waals surface area contributed by atoms with Gasteiger partial charge in [-0.1, -0.05) is 12.2 Å². The molecule has 0 aliphatic rings. The molecule has 0 atom stereocenters. The van der Waals surface area contributed by atoms with E-state index in [1.54, 1.807) is 6.20 Å². The summed E-state index contributed by atoms with van der Waals surface area (Å²) in [5, 5.41) is 4.35. The predicted molar refractivity (Wildman–Crippen MR) is 52.3 cm³/mol. The lowest BCUT2D eigenvalue weighted by Gasteiger charge is -1.97. The van der Waals surface area contributed by atoms with Crippen molar-refractivity contribution in [3.63, 3.8) is 0 Å². The number of fused-ring (bicyclic) bond motifs is 1. The van der Waals surface area contributed by atoms with Gasteiger partial charge in [0.1, 0.15) is 11.0 Å². The molecule has 2 heterocycles. The van der Waals surface area contributed by atoms with Crippen molar-refractivity contribution in [1.29, 1.82) is 0 Å². The van der Waals surface area contributed by atoms with Gasteiger partial charge >= 0.3 is 0 Å². The molecule has 0 unspecified atom stereocenters. The average Bonchev–Trinajstić information content (AvgIpc) is 2.44. The highest BCUT2D eigenvalue weighted by atomic mass is 15.3. The molecule has 2 aromatic heterocycles. The number of nitrogens with zero attached hydrogens (tertiary/aromatic N) is 3. The monoisotopic (exact) mass is 173 g/mol. The van der Waals surface area contributed by atoms with Crippen molar-refractivity contribution in [2.45, 2.75) is 13.5 Å². The van der Waals surface area contributed by atoms with Gasteiger partial charge in [0.25, 0.3) is 0 Å². The van der Waals surface area contributed by atoms with E-state index in [4.69, 9.17) is 0 Å².